The molecule has 1 amide bonds. The average molecular weight is 323 g/mol. The molecule has 0 aliphatic heterocycles. The lowest BCUT2D eigenvalue weighted by Gasteiger charge is -2.16. The molecule has 0 saturated heterocycles. The van der Waals surface area contributed by atoms with E-state index >= 15 is 0 Å². The second-order valence-electron chi connectivity index (χ2n) is 5.40. The van der Waals surface area contributed by atoms with Crippen LogP contribution in [0.2, 0.25) is 0 Å². The topological polar surface area (TPSA) is 73.2 Å². The van der Waals surface area contributed by atoms with Gasteiger partial charge in [-0.3, -0.25) is 14.2 Å². The Balaban J connectivity index is 2.45. The maximum Gasteiger partial charge on any atom is 0.276 e. The van der Waals surface area contributed by atoms with Crippen LogP contribution in [-0.4, -0.2) is 22.6 Å². The number of fused-ring (bicyclic) bond motifs is 1. The summed E-state index contributed by atoms with van der Waals surface area (Å²) in [5.41, 5.74) is 1.88. The summed E-state index contributed by atoms with van der Waals surface area (Å²) in [4.78, 5) is 28.7. The molecule has 0 radical (unpaired) electrons. The molecule has 0 unspecified atom stereocenters. The Labute approximate surface area is 138 Å². The Bertz CT molecular complexity index is 992. The molecule has 0 spiro atoms. The highest BCUT2D eigenvalue weighted by Gasteiger charge is 2.18. The van der Waals surface area contributed by atoms with Gasteiger partial charge in [-0.1, -0.05) is 12.1 Å². The van der Waals surface area contributed by atoms with E-state index in [-0.39, 0.29) is 17.2 Å². The Kier molecular flexibility index (Phi) is 4.04. The Morgan fingerprint density at radius 1 is 1.25 bits per heavy atom. The van der Waals surface area contributed by atoms with Gasteiger partial charge in [-0.25, -0.2) is 4.98 Å². The first-order valence-electron chi connectivity index (χ1n) is 7.42. The molecule has 1 aromatic carbocycles. The van der Waals surface area contributed by atoms with Gasteiger partial charge in [0.1, 0.15) is 17.1 Å². The highest BCUT2D eigenvalue weighted by molar-refractivity contribution is 6.04. The van der Waals surface area contributed by atoms with Crippen LogP contribution in [0, 0.1) is 0 Å². The normalized spacial score (nSPS) is 10.6. The predicted octanol–water partition coefficient (Wildman–Crippen LogP) is 2.57. The number of aryl methyl sites for hydroxylation is 1. The third-order valence-electron chi connectivity index (χ3n) is 3.80. The fourth-order valence-electron chi connectivity index (χ4n) is 2.74. The summed E-state index contributed by atoms with van der Waals surface area (Å²) in [6.07, 6.45) is 1.63. The molecular weight excluding hydrogens is 306 g/mol. The van der Waals surface area contributed by atoms with Gasteiger partial charge in [-0.05, 0) is 29.8 Å². The molecule has 24 heavy (non-hydrogen) atoms. The molecule has 0 fully saturated rings. The highest BCUT2D eigenvalue weighted by atomic mass is 16.5. The lowest BCUT2D eigenvalue weighted by Crippen LogP contribution is -2.25. The van der Waals surface area contributed by atoms with E-state index in [1.807, 2.05) is 30.3 Å². The molecule has 6 heteroatoms. The zero-order chi connectivity index (χ0) is 17.3. The van der Waals surface area contributed by atoms with Crippen LogP contribution >= 0.6 is 0 Å². The molecule has 0 aliphatic rings. The SMILES string of the molecule is COc1cccc(-c2c(NC(C)=O)c(=O)n(C)c3ncccc23)c1. The Morgan fingerprint density at radius 2 is 2.04 bits per heavy atom. The first-order valence-corrected chi connectivity index (χ1v) is 7.42. The van der Waals surface area contributed by atoms with E-state index < -0.39 is 0 Å². The van der Waals surface area contributed by atoms with E-state index in [0.29, 0.717) is 17.0 Å². The number of methoxy groups -OCH3 is 1. The molecule has 6 nitrogen and oxygen atoms in total. The quantitative estimate of drug-likeness (QED) is 0.804. The molecule has 0 atom stereocenters. The fourth-order valence-corrected chi connectivity index (χ4v) is 2.74. The van der Waals surface area contributed by atoms with E-state index in [4.69, 9.17) is 4.74 Å². The Morgan fingerprint density at radius 3 is 2.75 bits per heavy atom. The van der Waals surface area contributed by atoms with Crippen LogP contribution in [0.1, 0.15) is 6.92 Å². The minimum absolute atomic E-state index is 0.235. The minimum atomic E-state index is -0.311. The first-order chi connectivity index (χ1) is 11.5. The molecule has 0 saturated carbocycles. The van der Waals surface area contributed by atoms with Crippen molar-refractivity contribution in [1.29, 1.82) is 0 Å². The van der Waals surface area contributed by atoms with Crippen molar-refractivity contribution in [3.05, 3.63) is 52.9 Å². The lowest BCUT2D eigenvalue weighted by atomic mass is 10.00. The molecule has 2 aromatic heterocycles. The zero-order valence-corrected chi connectivity index (χ0v) is 13.7. The molecule has 0 bridgehead atoms. The van der Waals surface area contributed by atoms with Crippen LogP contribution < -0.4 is 15.6 Å². The van der Waals surface area contributed by atoms with Gasteiger partial charge in [-0.2, -0.15) is 0 Å². The minimum Gasteiger partial charge on any atom is -0.497 e. The molecule has 122 valence electrons. The maximum atomic E-state index is 12.7. The maximum absolute atomic E-state index is 12.7. The van der Waals surface area contributed by atoms with Gasteiger partial charge in [-0.15, -0.1) is 0 Å². The summed E-state index contributed by atoms with van der Waals surface area (Å²) in [6, 6.07) is 11.0. The largest absolute Gasteiger partial charge is 0.497 e. The van der Waals surface area contributed by atoms with Crippen LogP contribution in [-0.2, 0) is 11.8 Å². The number of hydrogen-bond donors (Lipinski definition) is 1. The fraction of sp³-hybridized carbons (Fsp3) is 0.167. The number of carbonyl (C=O) groups is 1. The van der Waals surface area contributed by atoms with Crippen molar-refractivity contribution in [2.24, 2.45) is 7.05 Å². The summed E-state index contributed by atoms with van der Waals surface area (Å²) in [5, 5.41) is 3.44. The number of nitrogens with zero attached hydrogens (tertiary/aromatic N) is 2. The number of ether oxygens (including phenoxy) is 1. The summed E-state index contributed by atoms with van der Waals surface area (Å²) < 4.78 is 6.71. The standard InChI is InChI=1S/C18H17N3O3/c1-11(22)20-16-15(12-6-4-7-13(10-12)24-3)14-8-5-9-19-17(14)21(2)18(16)23/h4-10H,1-3H3,(H,20,22). The van der Waals surface area contributed by atoms with Gasteiger partial charge >= 0.3 is 0 Å². The van der Waals surface area contributed by atoms with Gasteiger partial charge < -0.3 is 10.1 Å². The number of benzene rings is 1. The third kappa shape index (κ3) is 2.62. The number of amides is 1. The summed E-state index contributed by atoms with van der Waals surface area (Å²) >= 11 is 0. The second-order valence-corrected chi connectivity index (χ2v) is 5.40. The van der Waals surface area contributed by atoms with Crippen molar-refractivity contribution in [2.75, 3.05) is 12.4 Å². The number of hydrogen-bond acceptors (Lipinski definition) is 4. The first kappa shape index (κ1) is 15.7. The van der Waals surface area contributed by atoms with E-state index in [1.54, 1.807) is 26.4 Å². The number of pyridine rings is 2. The summed E-state index contributed by atoms with van der Waals surface area (Å²) in [6.45, 7) is 1.38. The smallest absolute Gasteiger partial charge is 0.276 e. The van der Waals surface area contributed by atoms with Crippen LogP contribution in [0.25, 0.3) is 22.2 Å². The highest BCUT2D eigenvalue weighted by Crippen LogP contribution is 2.34. The van der Waals surface area contributed by atoms with Crippen LogP contribution in [0.3, 0.4) is 0 Å². The monoisotopic (exact) mass is 323 g/mol. The second kappa shape index (κ2) is 6.16. The molecule has 3 rings (SSSR count). The molecule has 2 heterocycles. The van der Waals surface area contributed by atoms with Gasteiger partial charge in [0, 0.05) is 31.1 Å². The van der Waals surface area contributed by atoms with Crippen LogP contribution in [0.5, 0.6) is 5.75 Å². The number of aromatic nitrogens is 2. The number of carbonyl (C=O) groups excluding carboxylic acids is 1. The van der Waals surface area contributed by atoms with Gasteiger partial charge in [0.15, 0.2) is 0 Å². The lowest BCUT2D eigenvalue weighted by molar-refractivity contribution is -0.114. The van der Waals surface area contributed by atoms with Crippen LogP contribution in [0.4, 0.5) is 5.69 Å². The van der Waals surface area contributed by atoms with Gasteiger partial charge in [0.25, 0.3) is 5.56 Å². The number of anilines is 1. The number of nitrogens with one attached hydrogen (secondary N) is 1. The predicted molar refractivity (Wildman–Crippen MR) is 93.3 cm³/mol. The van der Waals surface area contributed by atoms with Crippen molar-refractivity contribution in [1.82, 2.24) is 9.55 Å². The summed E-state index contributed by atoms with van der Waals surface area (Å²) in [5.74, 6) is 0.360. The average Bonchev–Trinajstić information content (AvgIpc) is 2.59. The van der Waals surface area contributed by atoms with E-state index in [1.165, 1.54) is 11.5 Å². The van der Waals surface area contributed by atoms with Gasteiger partial charge in [0.2, 0.25) is 5.91 Å². The van der Waals surface area contributed by atoms with Crippen molar-refractivity contribution in [3.63, 3.8) is 0 Å². The van der Waals surface area contributed by atoms with E-state index in [9.17, 15) is 9.59 Å². The molecule has 1 N–H and O–H groups in total. The third-order valence-corrected chi connectivity index (χ3v) is 3.80. The number of rotatable bonds is 3. The van der Waals surface area contributed by atoms with Crippen molar-refractivity contribution in [2.45, 2.75) is 6.92 Å². The van der Waals surface area contributed by atoms with E-state index in [0.717, 1.165) is 10.9 Å². The summed E-state index contributed by atoms with van der Waals surface area (Å²) in [7, 11) is 3.22. The van der Waals surface area contributed by atoms with Crippen molar-refractivity contribution < 1.29 is 9.53 Å². The van der Waals surface area contributed by atoms with Gasteiger partial charge in [0.05, 0.1) is 7.11 Å². The molecular formula is C18H17N3O3. The molecule has 0 aliphatic carbocycles. The van der Waals surface area contributed by atoms with Crippen LogP contribution in [0.15, 0.2) is 47.4 Å². The molecule has 3 aromatic rings. The van der Waals surface area contributed by atoms with Crippen molar-refractivity contribution in [3.8, 4) is 16.9 Å². The Hall–Kier alpha value is -3.15. The van der Waals surface area contributed by atoms with Crippen molar-refractivity contribution >= 4 is 22.6 Å². The van der Waals surface area contributed by atoms with E-state index in [2.05, 4.69) is 10.3 Å². The zero-order valence-electron chi connectivity index (χ0n) is 13.7.